The summed E-state index contributed by atoms with van der Waals surface area (Å²) in [5.74, 6) is -1.25. The summed E-state index contributed by atoms with van der Waals surface area (Å²) in [6.07, 6.45) is 0. The lowest BCUT2D eigenvalue weighted by Crippen LogP contribution is -1.93. The lowest BCUT2D eigenvalue weighted by Gasteiger charge is -2.09. The van der Waals surface area contributed by atoms with E-state index < -0.39 is 11.6 Å². The first-order valence-electron chi connectivity index (χ1n) is 5.47. The Hall–Kier alpha value is -1.55. The highest BCUT2D eigenvalue weighted by molar-refractivity contribution is 7.99. The zero-order chi connectivity index (χ0) is 13.3. The number of rotatable bonds is 2. The molecule has 0 amide bonds. The van der Waals surface area contributed by atoms with Crippen LogP contribution in [0.1, 0.15) is 11.1 Å². The van der Waals surface area contributed by atoms with Crippen molar-refractivity contribution in [1.82, 2.24) is 0 Å². The summed E-state index contributed by atoms with van der Waals surface area (Å²) in [7, 11) is 0. The third kappa shape index (κ3) is 2.64. The van der Waals surface area contributed by atoms with Crippen molar-refractivity contribution in [2.75, 3.05) is 5.73 Å². The van der Waals surface area contributed by atoms with E-state index in [1.807, 2.05) is 32.0 Å². The van der Waals surface area contributed by atoms with Crippen molar-refractivity contribution in [2.45, 2.75) is 23.6 Å². The van der Waals surface area contributed by atoms with E-state index >= 15 is 0 Å². The van der Waals surface area contributed by atoms with Gasteiger partial charge in [0.1, 0.15) is 11.6 Å². The summed E-state index contributed by atoms with van der Waals surface area (Å²) in [4.78, 5) is 0.829. The largest absolute Gasteiger partial charge is 0.399 e. The van der Waals surface area contributed by atoms with Gasteiger partial charge in [0.05, 0.1) is 4.90 Å². The number of hydrogen-bond donors (Lipinski definition) is 1. The molecule has 0 atom stereocenters. The number of halogens is 2. The fourth-order valence-corrected chi connectivity index (χ4v) is 2.61. The van der Waals surface area contributed by atoms with Gasteiger partial charge in [-0.25, -0.2) is 8.78 Å². The first-order valence-corrected chi connectivity index (χ1v) is 6.28. The molecule has 18 heavy (non-hydrogen) atoms. The quantitative estimate of drug-likeness (QED) is 0.819. The Morgan fingerprint density at radius 3 is 2.22 bits per heavy atom. The van der Waals surface area contributed by atoms with Gasteiger partial charge in [0.25, 0.3) is 0 Å². The summed E-state index contributed by atoms with van der Waals surface area (Å²) in [5, 5.41) is 0. The molecule has 2 rings (SSSR count). The second-order valence-electron chi connectivity index (χ2n) is 4.18. The smallest absolute Gasteiger partial charge is 0.142 e. The number of hydrogen-bond acceptors (Lipinski definition) is 2. The Morgan fingerprint density at radius 2 is 1.61 bits per heavy atom. The molecule has 0 bridgehead atoms. The predicted molar refractivity (Wildman–Crippen MR) is 70.8 cm³/mol. The molecule has 0 unspecified atom stereocenters. The van der Waals surface area contributed by atoms with Crippen molar-refractivity contribution in [3.63, 3.8) is 0 Å². The van der Waals surface area contributed by atoms with Gasteiger partial charge in [0.15, 0.2) is 0 Å². The van der Waals surface area contributed by atoms with Gasteiger partial charge >= 0.3 is 0 Å². The van der Waals surface area contributed by atoms with E-state index in [4.69, 9.17) is 5.73 Å². The van der Waals surface area contributed by atoms with Crippen LogP contribution in [0.4, 0.5) is 14.5 Å². The van der Waals surface area contributed by atoms with Crippen molar-refractivity contribution in [3.8, 4) is 0 Å². The number of aryl methyl sites for hydroxylation is 2. The van der Waals surface area contributed by atoms with Crippen LogP contribution in [0.25, 0.3) is 0 Å². The maximum Gasteiger partial charge on any atom is 0.142 e. The van der Waals surface area contributed by atoms with Crippen LogP contribution in [0.5, 0.6) is 0 Å². The molecule has 2 aromatic carbocycles. The molecule has 1 nitrogen and oxygen atoms in total. The summed E-state index contributed by atoms with van der Waals surface area (Å²) in [6, 6.07) is 8.09. The standard InChI is InChI=1S/C14H13F2NS/c1-8-3-4-9(2)13(5-8)18-14-11(15)6-10(17)7-12(14)16/h3-7H,17H2,1-2H3. The fraction of sp³-hybridized carbons (Fsp3) is 0.143. The SMILES string of the molecule is Cc1ccc(C)c(Sc2c(F)cc(N)cc2F)c1. The highest BCUT2D eigenvalue weighted by Gasteiger charge is 2.13. The second-order valence-corrected chi connectivity index (χ2v) is 5.24. The molecule has 0 spiro atoms. The molecule has 0 saturated heterocycles. The molecule has 4 heteroatoms. The monoisotopic (exact) mass is 265 g/mol. The van der Waals surface area contributed by atoms with Crippen molar-refractivity contribution in [3.05, 3.63) is 53.1 Å². The van der Waals surface area contributed by atoms with Crippen LogP contribution in [-0.4, -0.2) is 0 Å². The van der Waals surface area contributed by atoms with Gasteiger partial charge in [-0.3, -0.25) is 0 Å². The summed E-state index contributed by atoms with van der Waals surface area (Å²) in [5.41, 5.74) is 7.52. The fourth-order valence-electron chi connectivity index (χ4n) is 1.60. The third-order valence-corrected chi connectivity index (χ3v) is 3.83. The van der Waals surface area contributed by atoms with Crippen LogP contribution in [-0.2, 0) is 0 Å². The van der Waals surface area contributed by atoms with Crippen molar-refractivity contribution in [2.24, 2.45) is 0 Å². The third-order valence-electron chi connectivity index (χ3n) is 2.58. The average molecular weight is 265 g/mol. The van der Waals surface area contributed by atoms with Crippen molar-refractivity contribution in [1.29, 1.82) is 0 Å². The maximum absolute atomic E-state index is 13.7. The lowest BCUT2D eigenvalue weighted by molar-refractivity contribution is 0.542. The lowest BCUT2D eigenvalue weighted by atomic mass is 10.2. The maximum atomic E-state index is 13.7. The molecule has 0 heterocycles. The zero-order valence-electron chi connectivity index (χ0n) is 10.1. The highest BCUT2D eigenvalue weighted by atomic mass is 32.2. The average Bonchev–Trinajstić information content (AvgIpc) is 2.28. The van der Waals surface area contributed by atoms with E-state index in [1.165, 1.54) is 0 Å². The van der Waals surface area contributed by atoms with Gasteiger partial charge in [0, 0.05) is 10.6 Å². The van der Waals surface area contributed by atoms with Gasteiger partial charge in [-0.05, 0) is 43.2 Å². The van der Waals surface area contributed by atoms with Gasteiger partial charge in [-0.1, -0.05) is 23.9 Å². The van der Waals surface area contributed by atoms with Gasteiger partial charge < -0.3 is 5.73 Å². The van der Waals surface area contributed by atoms with Crippen LogP contribution < -0.4 is 5.73 Å². The molecule has 0 fully saturated rings. The Kier molecular flexibility index (Phi) is 3.57. The van der Waals surface area contributed by atoms with E-state index in [9.17, 15) is 8.78 Å². The topological polar surface area (TPSA) is 26.0 Å². The molecule has 0 aliphatic rings. The van der Waals surface area contributed by atoms with Crippen molar-refractivity contribution >= 4 is 17.4 Å². The van der Waals surface area contributed by atoms with E-state index in [2.05, 4.69) is 0 Å². The number of benzene rings is 2. The molecule has 0 aromatic heterocycles. The minimum Gasteiger partial charge on any atom is -0.399 e. The van der Waals surface area contributed by atoms with Gasteiger partial charge in [0.2, 0.25) is 0 Å². The van der Waals surface area contributed by atoms with Crippen molar-refractivity contribution < 1.29 is 8.78 Å². The summed E-state index contributed by atoms with van der Waals surface area (Å²) >= 11 is 1.08. The second kappa shape index (κ2) is 4.98. The first-order chi connectivity index (χ1) is 8.47. The van der Waals surface area contributed by atoms with Crippen LogP contribution in [0, 0.1) is 25.5 Å². The normalized spacial score (nSPS) is 10.7. The highest BCUT2D eigenvalue weighted by Crippen LogP contribution is 2.35. The first kappa shape index (κ1) is 12.9. The van der Waals surface area contributed by atoms with Gasteiger partial charge in [-0.15, -0.1) is 0 Å². The van der Waals surface area contributed by atoms with E-state index in [0.717, 1.165) is 39.9 Å². The molecule has 0 aliphatic carbocycles. The van der Waals surface area contributed by atoms with Crippen LogP contribution in [0.2, 0.25) is 0 Å². The molecule has 94 valence electrons. The molecule has 0 saturated carbocycles. The zero-order valence-corrected chi connectivity index (χ0v) is 10.9. The Labute approximate surface area is 109 Å². The summed E-state index contributed by atoms with van der Waals surface area (Å²) < 4.78 is 27.4. The predicted octanol–water partition coefficient (Wildman–Crippen LogP) is 4.32. The molecule has 2 N–H and O–H groups in total. The molecular formula is C14H13F2NS. The number of nitrogens with two attached hydrogens (primary N) is 1. The summed E-state index contributed by atoms with van der Waals surface area (Å²) in [6.45, 7) is 3.86. The number of nitrogen functional groups attached to an aromatic ring is 1. The van der Waals surface area contributed by atoms with Gasteiger partial charge in [-0.2, -0.15) is 0 Å². The van der Waals surface area contributed by atoms with E-state index in [-0.39, 0.29) is 10.6 Å². The van der Waals surface area contributed by atoms with Crippen LogP contribution in [0.15, 0.2) is 40.1 Å². The number of anilines is 1. The Morgan fingerprint density at radius 1 is 1.00 bits per heavy atom. The molecule has 0 radical (unpaired) electrons. The molecule has 2 aromatic rings. The van der Waals surface area contributed by atoms with Crippen LogP contribution >= 0.6 is 11.8 Å². The molecular weight excluding hydrogens is 252 g/mol. The van der Waals surface area contributed by atoms with Crippen LogP contribution in [0.3, 0.4) is 0 Å². The minimum absolute atomic E-state index is 0.0158. The van der Waals surface area contributed by atoms with E-state index in [0.29, 0.717) is 0 Å². The molecule has 0 aliphatic heterocycles. The minimum atomic E-state index is -0.626. The Bertz CT molecular complexity index is 573. The van der Waals surface area contributed by atoms with E-state index in [1.54, 1.807) is 0 Å². The Balaban J connectivity index is 2.43.